The Labute approximate surface area is 92.2 Å². The van der Waals surface area contributed by atoms with E-state index in [0.29, 0.717) is 24.7 Å². The Morgan fingerprint density at radius 3 is 2.56 bits per heavy atom. The molecule has 0 spiro atoms. The number of rotatable bonds is 2. The third kappa shape index (κ3) is 1.69. The molecular weight excluding hydrogens is 212 g/mol. The number of hydrogen-bond donors (Lipinski definition) is 2. The summed E-state index contributed by atoms with van der Waals surface area (Å²) in [5, 5.41) is 18.3. The summed E-state index contributed by atoms with van der Waals surface area (Å²) in [7, 11) is 0. The number of aliphatic carboxylic acids is 1. The van der Waals surface area contributed by atoms with Crippen molar-refractivity contribution in [2.45, 2.75) is 13.0 Å². The maximum absolute atomic E-state index is 10.7. The highest BCUT2D eigenvalue weighted by Crippen LogP contribution is 2.39. The number of carbonyl (C=O) groups is 1. The van der Waals surface area contributed by atoms with Crippen LogP contribution >= 0.6 is 0 Å². The van der Waals surface area contributed by atoms with E-state index in [4.69, 9.17) is 14.6 Å². The van der Waals surface area contributed by atoms with Crippen LogP contribution in [0.4, 0.5) is 0 Å². The lowest BCUT2D eigenvalue weighted by molar-refractivity contribution is -0.147. The largest absolute Gasteiger partial charge is 0.486 e. The quantitative estimate of drug-likeness (QED) is 0.780. The SMILES string of the molecule is Cc1ccc(C(O)C(=O)O)c2c1OCCO2. The molecule has 1 aliphatic heterocycles. The Kier molecular flexibility index (Phi) is 2.70. The lowest BCUT2D eigenvalue weighted by atomic mass is 10.0. The third-order valence-corrected chi connectivity index (χ3v) is 2.44. The zero-order valence-corrected chi connectivity index (χ0v) is 8.77. The summed E-state index contributed by atoms with van der Waals surface area (Å²) in [4.78, 5) is 10.7. The van der Waals surface area contributed by atoms with E-state index in [9.17, 15) is 9.90 Å². The Bertz CT molecular complexity index is 427. The first kappa shape index (κ1) is 10.8. The van der Waals surface area contributed by atoms with Crippen LogP contribution in [0.3, 0.4) is 0 Å². The van der Waals surface area contributed by atoms with Crippen LogP contribution in [0.2, 0.25) is 0 Å². The number of fused-ring (bicyclic) bond motifs is 1. The van der Waals surface area contributed by atoms with Gasteiger partial charge >= 0.3 is 5.97 Å². The minimum absolute atomic E-state index is 0.229. The molecule has 1 aromatic carbocycles. The Balaban J connectivity index is 2.50. The minimum atomic E-state index is -1.59. The summed E-state index contributed by atoms with van der Waals surface area (Å²) in [6.07, 6.45) is -1.59. The van der Waals surface area contributed by atoms with Gasteiger partial charge in [-0.2, -0.15) is 0 Å². The molecule has 16 heavy (non-hydrogen) atoms. The summed E-state index contributed by atoms with van der Waals surface area (Å²) in [6, 6.07) is 3.25. The van der Waals surface area contributed by atoms with Gasteiger partial charge in [-0.25, -0.2) is 4.79 Å². The molecular formula is C11H12O5. The van der Waals surface area contributed by atoms with Crippen molar-refractivity contribution in [3.8, 4) is 11.5 Å². The van der Waals surface area contributed by atoms with Crippen LogP contribution in [0.15, 0.2) is 12.1 Å². The van der Waals surface area contributed by atoms with Gasteiger partial charge in [-0.05, 0) is 12.5 Å². The van der Waals surface area contributed by atoms with Crippen molar-refractivity contribution in [3.63, 3.8) is 0 Å². The number of carboxylic acids is 1. The summed E-state index contributed by atoms with van der Waals surface area (Å²) < 4.78 is 10.8. The van der Waals surface area contributed by atoms with Gasteiger partial charge in [0.15, 0.2) is 17.6 Å². The van der Waals surface area contributed by atoms with E-state index in [0.717, 1.165) is 5.56 Å². The Morgan fingerprint density at radius 2 is 1.94 bits per heavy atom. The predicted octanol–water partition coefficient (Wildman–Crippen LogP) is 0.884. The lowest BCUT2D eigenvalue weighted by Crippen LogP contribution is -2.20. The van der Waals surface area contributed by atoms with Crippen LogP contribution in [-0.4, -0.2) is 29.4 Å². The minimum Gasteiger partial charge on any atom is -0.486 e. The molecule has 5 nitrogen and oxygen atoms in total. The molecule has 0 aromatic heterocycles. The van der Waals surface area contributed by atoms with Gasteiger partial charge in [0.2, 0.25) is 0 Å². The van der Waals surface area contributed by atoms with Crippen LogP contribution in [0, 0.1) is 6.92 Å². The van der Waals surface area contributed by atoms with Gasteiger partial charge in [0.1, 0.15) is 13.2 Å². The Hall–Kier alpha value is -1.75. The molecule has 0 bridgehead atoms. The molecule has 0 radical (unpaired) electrons. The van der Waals surface area contributed by atoms with E-state index in [1.165, 1.54) is 0 Å². The standard InChI is InChI=1S/C11H12O5/c1-6-2-3-7(8(12)11(13)14)10-9(6)15-4-5-16-10/h2-3,8,12H,4-5H2,1H3,(H,13,14). The number of hydrogen-bond acceptors (Lipinski definition) is 4. The first-order valence-corrected chi connectivity index (χ1v) is 4.91. The van der Waals surface area contributed by atoms with Gasteiger partial charge < -0.3 is 19.7 Å². The maximum atomic E-state index is 10.7. The summed E-state index contributed by atoms with van der Waals surface area (Å²) in [5.74, 6) is -0.453. The van der Waals surface area contributed by atoms with Gasteiger partial charge in [-0.3, -0.25) is 0 Å². The second-order valence-electron chi connectivity index (χ2n) is 3.57. The molecule has 2 rings (SSSR count). The van der Waals surface area contributed by atoms with Gasteiger partial charge in [-0.1, -0.05) is 12.1 Å². The molecule has 1 unspecified atom stereocenters. The van der Waals surface area contributed by atoms with E-state index in [1.54, 1.807) is 12.1 Å². The second kappa shape index (κ2) is 4.02. The highest BCUT2D eigenvalue weighted by atomic mass is 16.6. The van der Waals surface area contributed by atoms with Crippen molar-refractivity contribution >= 4 is 5.97 Å². The summed E-state index contributed by atoms with van der Waals surface area (Å²) in [6.45, 7) is 2.63. The lowest BCUT2D eigenvalue weighted by Gasteiger charge is -2.23. The number of ether oxygens (including phenoxy) is 2. The molecule has 1 aromatic rings. The van der Waals surface area contributed by atoms with Gasteiger partial charge in [0, 0.05) is 5.56 Å². The fraction of sp³-hybridized carbons (Fsp3) is 0.364. The maximum Gasteiger partial charge on any atom is 0.337 e. The van der Waals surface area contributed by atoms with Crippen molar-refractivity contribution in [2.24, 2.45) is 0 Å². The highest BCUT2D eigenvalue weighted by molar-refractivity contribution is 5.76. The van der Waals surface area contributed by atoms with Gasteiger partial charge in [-0.15, -0.1) is 0 Å². The predicted molar refractivity (Wildman–Crippen MR) is 54.8 cm³/mol. The fourth-order valence-corrected chi connectivity index (χ4v) is 1.64. The average molecular weight is 224 g/mol. The molecule has 1 aliphatic rings. The van der Waals surface area contributed by atoms with E-state index < -0.39 is 12.1 Å². The number of aliphatic hydroxyl groups is 1. The molecule has 1 atom stereocenters. The van der Waals surface area contributed by atoms with E-state index in [1.807, 2.05) is 6.92 Å². The van der Waals surface area contributed by atoms with Crippen LogP contribution < -0.4 is 9.47 Å². The second-order valence-corrected chi connectivity index (χ2v) is 3.57. The molecule has 0 aliphatic carbocycles. The molecule has 0 fully saturated rings. The number of aryl methyl sites for hydroxylation is 1. The van der Waals surface area contributed by atoms with Crippen LogP contribution in [0.25, 0.3) is 0 Å². The zero-order chi connectivity index (χ0) is 11.7. The van der Waals surface area contributed by atoms with Crippen LogP contribution in [0.5, 0.6) is 11.5 Å². The van der Waals surface area contributed by atoms with E-state index in [2.05, 4.69) is 0 Å². The van der Waals surface area contributed by atoms with Crippen molar-refractivity contribution in [1.82, 2.24) is 0 Å². The first-order valence-electron chi connectivity index (χ1n) is 4.91. The topological polar surface area (TPSA) is 76.0 Å². The first-order chi connectivity index (χ1) is 7.61. The van der Waals surface area contributed by atoms with Crippen LogP contribution in [-0.2, 0) is 4.79 Å². The number of carboxylic acid groups (broad SMARTS) is 1. The highest BCUT2D eigenvalue weighted by Gasteiger charge is 2.26. The van der Waals surface area contributed by atoms with Crippen molar-refractivity contribution in [2.75, 3.05) is 13.2 Å². The molecule has 5 heteroatoms. The smallest absolute Gasteiger partial charge is 0.337 e. The number of aliphatic hydroxyl groups excluding tert-OH is 1. The van der Waals surface area contributed by atoms with Gasteiger partial charge in [0.25, 0.3) is 0 Å². The van der Waals surface area contributed by atoms with Crippen LogP contribution in [0.1, 0.15) is 17.2 Å². The molecule has 0 saturated heterocycles. The van der Waals surface area contributed by atoms with Crippen molar-refractivity contribution in [1.29, 1.82) is 0 Å². The average Bonchev–Trinajstić information content (AvgIpc) is 2.29. The van der Waals surface area contributed by atoms with Crippen molar-refractivity contribution in [3.05, 3.63) is 23.3 Å². The van der Waals surface area contributed by atoms with Gasteiger partial charge in [0.05, 0.1) is 0 Å². The Morgan fingerprint density at radius 1 is 1.31 bits per heavy atom. The molecule has 0 amide bonds. The normalized spacial score (nSPS) is 15.6. The summed E-state index contributed by atoms with van der Waals surface area (Å²) >= 11 is 0. The molecule has 0 saturated carbocycles. The molecule has 1 heterocycles. The zero-order valence-electron chi connectivity index (χ0n) is 8.77. The van der Waals surface area contributed by atoms with Crippen molar-refractivity contribution < 1.29 is 24.5 Å². The fourth-order valence-electron chi connectivity index (χ4n) is 1.64. The molecule has 86 valence electrons. The third-order valence-electron chi connectivity index (χ3n) is 2.44. The molecule has 2 N–H and O–H groups in total. The summed E-state index contributed by atoms with van der Waals surface area (Å²) in [5.41, 5.74) is 1.09. The van der Waals surface area contributed by atoms with E-state index in [-0.39, 0.29) is 5.56 Å². The number of benzene rings is 1. The van der Waals surface area contributed by atoms with E-state index >= 15 is 0 Å². The monoisotopic (exact) mass is 224 g/mol.